The topological polar surface area (TPSA) is 114 Å². The van der Waals surface area contributed by atoms with Gasteiger partial charge < -0.3 is 28.5 Å². The van der Waals surface area contributed by atoms with E-state index in [2.05, 4.69) is 86.8 Å². The van der Waals surface area contributed by atoms with Gasteiger partial charge in [0.25, 0.3) is 7.82 Å². The van der Waals surface area contributed by atoms with Crippen molar-refractivity contribution in [2.75, 3.05) is 40.9 Å². The number of carbonyl (C=O) groups is 2. The Kier molecular flexibility index (Phi) is 55.8. The first kappa shape index (κ1) is 75.5. The lowest BCUT2D eigenvalue weighted by Gasteiger charge is -2.30. The van der Waals surface area contributed by atoms with Gasteiger partial charge in [0.05, 0.1) is 33.8 Å². The van der Waals surface area contributed by atoms with Crippen LogP contribution in [0.3, 0.4) is 0 Å². The average molecular weight is 1110 g/mol. The maximum Gasteiger partial charge on any atom is 0.306 e. The van der Waals surface area contributed by atoms with Gasteiger partial charge in [0.2, 0.25) is 5.91 Å². The van der Waals surface area contributed by atoms with Gasteiger partial charge >= 0.3 is 5.97 Å². The van der Waals surface area contributed by atoms with Crippen molar-refractivity contribution in [1.29, 1.82) is 0 Å². The summed E-state index contributed by atoms with van der Waals surface area (Å²) < 4.78 is 30.4. The number of nitrogens with zero attached hydrogens (tertiary/aromatic N) is 1. The summed E-state index contributed by atoms with van der Waals surface area (Å²) in [4.78, 5) is 40.0. The van der Waals surface area contributed by atoms with Crippen LogP contribution in [-0.4, -0.2) is 69.4 Å². The number of allylic oxidation sites excluding steroid dienone is 11. The second kappa shape index (κ2) is 57.7. The molecule has 0 spiro atoms. The Labute approximate surface area is 483 Å². The number of nitrogens with one attached hydrogen (secondary N) is 1. The van der Waals surface area contributed by atoms with E-state index in [4.69, 9.17) is 13.8 Å². The molecule has 0 aliphatic rings. The number of phosphoric ester groups is 1. The molecule has 3 unspecified atom stereocenters. The first-order valence-corrected chi connectivity index (χ1v) is 34.2. The highest BCUT2D eigenvalue weighted by Crippen LogP contribution is 2.38. The zero-order valence-corrected chi connectivity index (χ0v) is 52.8. The molecule has 454 valence electrons. The van der Waals surface area contributed by atoms with Gasteiger partial charge in [0.1, 0.15) is 19.3 Å². The van der Waals surface area contributed by atoms with Crippen molar-refractivity contribution >= 4 is 19.7 Å². The third kappa shape index (κ3) is 58.1. The maximum atomic E-state index is 13.5. The molecule has 0 aromatic rings. The second-order valence-corrected chi connectivity index (χ2v) is 24.7. The van der Waals surface area contributed by atoms with E-state index in [1.54, 1.807) is 0 Å². The summed E-state index contributed by atoms with van der Waals surface area (Å²) in [6, 6.07) is -0.898. The summed E-state index contributed by atoms with van der Waals surface area (Å²) in [7, 11) is 1.17. The molecule has 0 radical (unpaired) electrons. The number of likely N-dealkylation sites (N-methyl/N-ethyl adjacent to an activating group) is 1. The van der Waals surface area contributed by atoms with Crippen LogP contribution >= 0.6 is 7.82 Å². The normalized spacial score (nSPS) is 14.1. The summed E-state index contributed by atoms with van der Waals surface area (Å²) in [5.74, 6) is -0.554. The van der Waals surface area contributed by atoms with Crippen LogP contribution in [0.2, 0.25) is 0 Å². The van der Waals surface area contributed by atoms with Gasteiger partial charge in [-0.05, 0) is 102 Å². The van der Waals surface area contributed by atoms with E-state index in [1.807, 2.05) is 33.3 Å². The Morgan fingerprint density at radius 3 is 1.21 bits per heavy atom. The predicted molar refractivity (Wildman–Crippen MR) is 335 cm³/mol. The van der Waals surface area contributed by atoms with Crippen LogP contribution in [0.1, 0.15) is 297 Å². The molecule has 3 atom stereocenters. The number of rotatable bonds is 59. The standard InChI is InChI=1S/C68H125N2O7P/c1-7-10-13-16-19-22-25-28-30-32-33-34-35-36-37-39-41-43-46-49-52-55-58-61-68(72)77-66(59-56-53-50-47-44-27-24-21-18-15-12-9-3)65(64-76-78(73,74)75-63-62-70(4,5)6)69-67(71)60-57-54-51-48-45-42-40-38-31-29-26-23-20-17-14-11-8-2/h19,22,28-31,33-34,36-37,56,59,65-66H,7-18,20-21,23-27,32,35,38-55,57-58,60-64H2,1-6H3,(H-,69,71,73,74)/b22-19-,30-28-,31-29+,34-33-,37-36-,59-56-. The predicted octanol–water partition coefficient (Wildman–Crippen LogP) is 19.8. The van der Waals surface area contributed by atoms with Crippen molar-refractivity contribution < 1.29 is 37.3 Å². The van der Waals surface area contributed by atoms with Crippen molar-refractivity contribution in [3.63, 3.8) is 0 Å². The lowest BCUT2D eigenvalue weighted by molar-refractivity contribution is -0.870. The Hall–Kier alpha value is -2.55. The number of quaternary nitrogens is 1. The number of unbranched alkanes of at least 4 members (excludes halogenated alkanes) is 33. The lowest BCUT2D eigenvalue weighted by atomic mass is 10.0. The first-order valence-electron chi connectivity index (χ1n) is 32.7. The van der Waals surface area contributed by atoms with Crippen LogP contribution in [0.5, 0.6) is 0 Å². The molecule has 1 amide bonds. The smallest absolute Gasteiger partial charge is 0.306 e. The second-order valence-electron chi connectivity index (χ2n) is 23.3. The van der Waals surface area contributed by atoms with E-state index in [0.29, 0.717) is 17.4 Å². The lowest BCUT2D eigenvalue weighted by Crippen LogP contribution is -2.47. The zero-order chi connectivity index (χ0) is 57.2. The van der Waals surface area contributed by atoms with Crippen LogP contribution in [0.15, 0.2) is 72.9 Å². The van der Waals surface area contributed by atoms with Crippen LogP contribution < -0.4 is 10.2 Å². The van der Waals surface area contributed by atoms with Gasteiger partial charge in [-0.15, -0.1) is 0 Å². The molecule has 9 nitrogen and oxygen atoms in total. The quantitative estimate of drug-likeness (QED) is 0.0212. The maximum absolute atomic E-state index is 13.5. The fourth-order valence-electron chi connectivity index (χ4n) is 9.27. The molecule has 0 saturated heterocycles. The van der Waals surface area contributed by atoms with Gasteiger partial charge in [0.15, 0.2) is 0 Å². The average Bonchev–Trinajstić information content (AvgIpc) is 3.40. The largest absolute Gasteiger partial charge is 0.756 e. The summed E-state index contributed by atoms with van der Waals surface area (Å²) in [5.41, 5.74) is 0. The molecule has 0 saturated carbocycles. The number of hydrogen-bond acceptors (Lipinski definition) is 7. The number of phosphoric acid groups is 1. The minimum absolute atomic E-state index is 0.0268. The fourth-order valence-corrected chi connectivity index (χ4v) is 9.99. The van der Waals surface area contributed by atoms with Crippen molar-refractivity contribution in [3.05, 3.63) is 72.9 Å². The van der Waals surface area contributed by atoms with E-state index < -0.39 is 26.6 Å². The van der Waals surface area contributed by atoms with E-state index in [-0.39, 0.29) is 24.9 Å². The van der Waals surface area contributed by atoms with E-state index in [1.165, 1.54) is 161 Å². The van der Waals surface area contributed by atoms with Crippen LogP contribution in [0.25, 0.3) is 0 Å². The molecule has 0 aromatic carbocycles. The molecule has 0 aromatic heterocycles. The van der Waals surface area contributed by atoms with Gasteiger partial charge in [-0.1, -0.05) is 255 Å². The minimum atomic E-state index is -4.71. The molecule has 0 bridgehead atoms. The van der Waals surface area contributed by atoms with Gasteiger partial charge in [-0.2, -0.15) is 0 Å². The molecule has 1 N–H and O–H groups in total. The van der Waals surface area contributed by atoms with Gasteiger partial charge in [0, 0.05) is 12.8 Å². The Balaban J connectivity index is 5.21. The van der Waals surface area contributed by atoms with Crippen LogP contribution in [-0.2, 0) is 27.9 Å². The summed E-state index contributed by atoms with van der Waals surface area (Å²) in [6.07, 6.45) is 74.3. The summed E-state index contributed by atoms with van der Waals surface area (Å²) >= 11 is 0. The number of hydrogen-bond donors (Lipinski definition) is 1. The fraction of sp³-hybridized carbons (Fsp3) is 0.794. The number of amides is 1. The molecule has 0 aliphatic carbocycles. The van der Waals surface area contributed by atoms with E-state index in [9.17, 15) is 19.0 Å². The summed E-state index contributed by atoms with van der Waals surface area (Å²) in [6.45, 7) is 6.82. The Morgan fingerprint density at radius 2 is 0.782 bits per heavy atom. The Morgan fingerprint density at radius 1 is 0.449 bits per heavy atom. The number of carbonyl (C=O) groups excluding carboxylic acids is 2. The van der Waals surface area contributed by atoms with Crippen molar-refractivity contribution in [1.82, 2.24) is 5.32 Å². The highest BCUT2D eigenvalue weighted by atomic mass is 31.2. The van der Waals surface area contributed by atoms with Crippen LogP contribution in [0, 0.1) is 0 Å². The zero-order valence-electron chi connectivity index (χ0n) is 51.9. The molecule has 0 aliphatic heterocycles. The van der Waals surface area contributed by atoms with Crippen molar-refractivity contribution in [2.45, 2.75) is 309 Å². The monoisotopic (exact) mass is 1110 g/mol. The molecule has 0 heterocycles. The molecule has 78 heavy (non-hydrogen) atoms. The summed E-state index contributed by atoms with van der Waals surface area (Å²) in [5, 5.41) is 3.03. The Bertz CT molecular complexity index is 1570. The molecular weight excluding hydrogens is 988 g/mol. The third-order valence-corrected chi connectivity index (χ3v) is 15.3. The van der Waals surface area contributed by atoms with E-state index in [0.717, 1.165) is 103 Å². The molecule has 0 fully saturated rings. The number of ether oxygens (including phenoxy) is 1. The van der Waals surface area contributed by atoms with E-state index >= 15 is 0 Å². The van der Waals surface area contributed by atoms with Crippen molar-refractivity contribution in [3.8, 4) is 0 Å². The SMILES string of the molecule is CCCCC/C=C\C/C=C\C/C=C\C/C=C\CCCCCCCCCC(=O)OC(/C=C\CCCCCCCCCCCC)C(COP(=O)([O-])OCC[N+](C)(C)C)NC(=O)CCCCCCCCC/C=C/CCCCCCCC. The molecular formula is C68H125N2O7P. The van der Waals surface area contributed by atoms with Crippen LogP contribution in [0.4, 0.5) is 0 Å². The highest BCUT2D eigenvalue weighted by molar-refractivity contribution is 7.45. The first-order chi connectivity index (χ1) is 37.9. The van der Waals surface area contributed by atoms with Gasteiger partial charge in [-0.3, -0.25) is 14.2 Å². The highest BCUT2D eigenvalue weighted by Gasteiger charge is 2.27. The minimum Gasteiger partial charge on any atom is -0.756 e. The third-order valence-electron chi connectivity index (χ3n) is 14.4. The number of esters is 1. The molecule has 10 heteroatoms. The van der Waals surface area contributed by atoms with Crippen molar-refractivity contribution in [2.24, 2.45) is 0 Å². The van der Waals surface area contributed by atoms with Gasteiger partial charge in [-0.25, -0.2) is 0 Å². The molecule has 0 rings (SSSR count).